The van der Waals surface area contributed by atoms with E-state index >= 15 is 0 Å². The van der Waals surface area contributed by atoms with Gasteiger partial charge in [0.2, 0.25) is 0 Å². The zero-order chi connectivity index (χ0) is 13.8. The molecule has 1 aromatic rings. The molecule has 0 radical (unpaired) electrons. The van der Waals surface area contributed by atoms with Gasteiger partial charge in [0.05, 0.1) is 10.6 Å². The van der Waals surface area contributed by atoms with Gasteiger partial charge in [0.1, 0.15) is 5.75 Å². The van der Waals surface area contributed by atoms with Crippen LogP contribution in [-0.2, 0) is 9.84 Å². The average Bonchev–Trinajstić information content (AvgIpc) is 2.24. The van der Waals surface area contributed by atoms with Crippen LogP contribution in [0.15, 0.2) is 29.2 Å². The quantitative estimate of drug-likeness (QED) is 0.833. The lowest BCUT2D eigenvalue weighted by Crippen LogP contribution is -2.17. The molecular formula is C11H13F3O3S. The number of unbranched alkanes of at least 4 members (excludes halogenated alkanes) is 1. The number of ether oxygens (including phenoxy) is 1. The molecule has 1 aromatic carbocycles. The van der Waals surface area contributed by atoms with Crippen LogP contribution in [0, 0.1) is 0 Å². The van der Waals surface area contributed by atoms with Gasteiger partial charge in [-0.2, -0.15) is 0 Å². The first-order valence-corrected chi connectivity index (χ1v) is 6.98. The van der Waals surface area contributed by atoms with Gasteiger partial charge < -0.3 is 4.74 Å². The zero-order valence-electron chi connectivity index (χ0n) is 9.70. The third-order valence-corrected chi connectivity index (χ3v) is 3.96. The summed E-state index contributed by atoms with van der Waals surface area (Å²) in [5, 5.41) is 0. The van der Waals surface area contributed by atoms with Crippen LogP contribution in [0.5, 0.6) is 5.75 Å². The fraction of sp³-hybridized carbons (Fsp3) is 0.455. The summed E-state index contributed by atoms with van der Waals surface area (Å²) < 4.78 is 63.2. The molecule has 3 nitrogen and oxygen atoms in total. The van der Waals surface area contributed by atoms with Gasteiger partial charge in [-0.25, -0.2) is 8.42 Å². The van der Waals surface area contributed by atoms with E-state index in [0.29, 0.717) is 12.8 Å². The van der Waals surface area contributed by atoms with E-state index in [1.165, 1.54) is 12.1 Å². The summed E-state index contributed by atoms with van der Waals surface area (Å²) in [4.78, 5) is -0.155. The van der Waals surface area contributed by atoms with E-state index in [4.69, 9.17) is 0 Å². The van der Waals surface area contributed by atoms with Crippen molar-refractivity contribution in [3.05, 3.63) is 24.3 Å². The number of rotatable bonds is 5. The van der Waals surface area contributed by atoms with Crippen molar-refractivity contribution in [1.29, 1.82) is 0 Å². The molecule has 0 heterocycles. The summed E-state index contributed by atoms with van der Waals surface area (Å²) in [5.74, 6) is -0.612. The fourth-order valence-corrected chi connectivity index (χ4v) is 2.80. The second-order valence-electron chi connectivity index (χ2n) is 3.70. The van der Waals surface area contributed by atoms with Gasteiger partial charge >= 0.3 is 6.36 Å². The minimum Gasteiger partial charge on any atom is -0.406 e. The predicted octanol–water partition coefficient (Wildman–Crippen LogP) is 3.16. The number of halogens is 3. The molecule has 102 valence electrons. The highest BCUT2D eigenvalue weighted by Gasteiger charge is 2.31. The predicted molar refractivity (Wildman–Crippen MR) is 60.1 cm³/mol. The number of hydrogen-bond acceptors (Lipinski definition) is 3. The smallest absolute Gasteiger partial charge is 0.406 e. The third-order valence-electron chi connectivity index (χ3n) is 2.16. The van der Waals surface area contributed by atoms with E-state index in [0.717, 1.165) is 12.1 Å². The van der Waals surface area contributed by atoms with Crippen LogP contribution in [0.1, 0.15) is 19.8 Å². The zero-order valence-corrected chi connectivity index (χ0v) is 10.5. The van der Waals surface area contributed by atoms with Crippen LogP contribution in [-0.4, -0.2) is 20.5 Å². The highest BCUT2D eigenvalue weighted by molar-refractivity contribution is 7.91. The number of hydrogen-bond donors (Lipinski definition) is 0. The van der Waals surface area contributed by atoms with Crippen molar-refractivity contribution in [2.45, 2.75) is 31.0 Å². The summed E-state index contributed by atoms with van der Waals surface area (Å²) in [7, 11) is -3.55. The summed E-state index contributed by atoms with van der Waals surface area (Å²) in [6.07, 6.45) is -3.67. The van der Waals surface area contributed by atoms with Gasteiger partial charge in [-0.3, -0.25) is 0 Å². The van der Waals surface area contributed by atoms with Gasteiger partial charge in [-0.15, -0.1) is 13.2 Å². The Morgan fingerprint density at radius 2 is 1.94 bits per heavy atom. The lowest BCUT2D eigenvalue weighted by atomic mass is 10.3. The summed E-state index contributed by atoms with van der Waals surface area (Å²) in [5.41, 5.74) is 0. The van der Waals surface area contributed by atoms with E-state index in [-0.39, 0.29) is 10.6 Å². The van der Waals surface area contributed by atoms with Gasteiger partial charge in [0.15, 0.2) is 9.84 Å². The largest absolute Gasteiger partial charge is 0.573 e. The molecule has 0 spiro atoms. The second kappa shape index (κ2) is 5.60. The standard InChI is InChI=1S/C11H13F3O3S/c1-2-3-7-18(15,16)10-6-4-5-9(8-10)17-11(12,13)14/h4-6,8H,2-3,7H2,1H3. The Hall–Kier alpha value is -1.24. The van der Waals surface area contributed by atoms with Crippen LogP contribution in [0.25, 0.3) is 0 Å². The molecule has 0 aliphatic heterocycles. The second-order valence-corrected chi connectivity index (χ2v) is 5.80. The lowest BCUT2D eigenvalue weighted by Gasteiger charge is -2.10. The van der Waals surface area contributed by atoms with Crippen LogP contribution < -0.4 is 4.74 Å². The van der Waals surface area contributed by atoms with E-state index in [9.17, 15) is 21.6 Å². The maximum atomic E-state index is 12.0. The first-order valence-electron chi connectivity index (χ1n) is 5.33. The Balaban J connectivity index is 2.95. The maximum absolute atomic E-state index is 12.0. The van der Waals surface area contributed by atoms with Gasteiger partial charge in [0, 0.05) is 0 Å². The molecule has 0 aromatic heterocycles. The Kier molecular flexibility index (Phi) is 4.61. The maximum Gasteiger partial charge on any atom is 0.573 e. The van der Waals surface area contributed by atoms with Crippen molar-refractivity contribution in [1.82, 2.24) is 0 Å². The minimum atomic E-state index is -4.83. The van der Waals surface area contributed by atoms with E-state index < -0.39 is 21.9 Å². The lowest BCUT2D eigenvalue weighted by molar-refractivity contribution is -0.274. The first kappa shape index (κ1) is 14.8. The van der Waals surface area contributed by atoms with Crippen molar-refractivity contribution in [2.75, 3.05) is 5.75 Å². The van der Waals surface area contributed by atoms with E-state index in [1.807, 2.05) is 6.92 Å². The SMILES string of the molecule is CCCCS(=O)(=O)c1cccc(OC(F)(F)F)c1. The Bertz CT molecular complexity index is 495. The molecule has 0 saturated heterocycles. The summed E-state index contributed by atoms with van der Waals surface area (Å²) >= 11 is 0. The number of benzene rings is 1. The van der Waals surface area contributed by atoms with Gasteiger partial charge in [-0.05, 0) is 24.6 Å². The third kappa shape index (κ3) is 4.56. The fourth-order valence-electron chi connectivity index (χ4n) is 1.32. The van der Waals surface area contributed by atoms with Crippen molar-refractivity contribution in [3.8, 4) is 5.75 Å². The summed E-state index contributed by atoms with van der Waals surface area (Å²) in [6, 6.07) is 4.43. The highest BCUT2D eigenvalue weighted by atomic mass is 32.2. The number of alkyl halides is 3. The highest BCUT2D eigenvalue weighted by Crippen LogP contribution is 2.25. The first-order chi connectivity index (χ1) is 8.24. The van der Waals surface area contributed by atoms with Crippen LogP contribution >= 0.6 is 0 Å². The topological polar surface area (TPSA) is 43.4 Å². The molecule has 0 N–H and O–H groups in total. The number of sulfone groups is 1. The molecule has 0 fully saturated rings. The molecule has 7 heteroatoms. The molecule has 0 aliphatic rings. The molecule has 0 saturated carbocycles. The van der Waals surface area contributed by atoms with Crippen molar-refractivity contribution in [3.63, 3.8) is 0 Å². The molecule has 0 amide bonds. The molecule has 0 aliphatic carbocycles. The van der Waals surface area contributed by atoms with Crippen molar-refractivity contribution in [2.24, 2.45) is 0 Å². The van der Waals surface area contributed by atoms with E-state index in [1.54, 1.807) is 0 Å². The van der Waals surface area contributed by atoms with Crippen molar-refractivity contribution < 1.29 is 26.3 Å². The van der Waals surface area contributed by atoms with Crippen LogP contribution in [0.4, 0.5) is 13.2 Å². The Labute approximate surface area is 103 Å². The molecule has 0 atom stereocenters. The minimum absolute atomic E-state index is 0.0844. The normalized spacial score (nSPS) is 12.4. The van der Waals surface area contributed by atoms with Crippen molar-refractivity contribution >= 4 is 9.84 Å². The molecular weight excluding hydrogens is 269 g/mol. The van der Waals surface area contributed by atoms with Crippen LogP contribution in [0.2, 0.25) is 0 Å². The summed E-state index contributed by atoms with van der Waals surface area (Å²) in [6.45, 7) is 1.83. The average molecular weight is 282 g/mol. The molecule has 0 bridgehead atoms. The Morgan fingerprint density at radius 3 is 2.50 bits per heavy atom. The van der Waals surface area contributed by atoms with Crippen LogP contribution in [0.3, 0.4) is 0 Å². The monoisotopic (exact) mass is 282 g/mol. The molecule has 18 heavy (non-hydrogen) atoms. The molecule has 1 rings (SSSR count). The van der Waals surface area contributed by atoms with Gasteiger partial charge in [-0.1, -0.05) is 19.4 Å². The van der Waals surface area contributed by atoms with Gasteiger partial charge in [0.25, 0.3) is 0 Å². The molecule has 0 unspecified atom stereocenters. The Morgan fingerprint density at radius 1 is 1.28 bits per heavy atom. The van der Waals surface area contributed by atoms with E-state index in [2.05, 4.69) is 4.74 Å².